The van der Waals surface area contributed by atoms with Gasteiger partial charge in [-0.15, -0.1) is 0 Å². The Morgan fingerprint density at radius 3 is 2.58 bits per heavy atom. The van der Waals surface area contributed by atoms with Crippen LogP contribution in [0.3, 0.4) is 0 Å². The molecule has 0 saturated carbocycles. The van der Waals surface area contributed by atoms with Crippen molar-refractivity contribution in [1.82, 2.24) is 4.98 Å². The van der Waals surface area contributed by atoms with E-state index in [9.17, 15) is 4.79 Å². The fourth-order valence-corrected chi connectivity index (χ4v) is 2.44. The van der Waals surface area contributed by atoms with Gasteiger partial charge >= 0.3 is 5.97 Å². The van der Waals surface area contributed by atoms with Crippen molar-refractivity contribution in [3.63, 3.8) is 0 Å². The largest absolute Gasteiger partial charge is 0.478 e. The van der Waals surface area contributed by atoms with Crippen molar-refractivity contribution in [1.29, 1.82) is 5.26 Å². The van der Waals surface area contributed by atoms with Crippen molar-refractivity contribution in [2.45, 2.75) is 9.92 Å². The number of aromatic nitrogens is 1. The van der Waals surface area contributed by atoms with E-state index < -0.39 is 5.97 Å². The molecule has 0 spiro atoms. The third-order valence-electron chi connectivity index (χ3n) is 2.29. The minimum Gasteiger partial charge on any atom is -0.478 e. The fraction of sp³-hybridized carbons (Fsp3) is 0. The monoisotopic (exact) mass is 290 g/mol. The van der Waals surface area contributed by atoms with Crippen molar-refractivity contribution in [2.75, 3.05) is 0 Å². The molecule has 0 unspecified atom stereocenters. The quantitative estimate of drug-likeness (QED) is 0.937. The molecule has 0 radical (unpaired) electrons. The number of hydrogen-bond acceptors (Lipinski definition) is 4. The van der Waals surface area contributed by atoms with Gasteiger partial charge in [0.2, 0.25) is 0 Å². The highest BCUT2D eigenvalue weighted by Crippen LogP contribution is 2.33. The number of pyridine rings is 1. The van der Waals surface area contributed by atoms with Crippen LogP contribution < -0.4 is 0 Å². The molecule has 0 atom stereocenters. The van der Waals surface area contributed by atoms with Gasteiger partial charge in [-0.2, -0.15) is 5.26 Å². The van der Waals surface area contributed by atoms with Crippen LogP contribution in [0.15, 0.2) is 46.5 Å². The van der Waals surface area contributed by atoms with Crippen molar-refractivity contribution in [2.24, 2.45) is 0 Å². The number of nitriles is 1. The van der Waals surface area contributed by atoms with E-state index in [1.807, 2.05) is 6.07 Å². The predicted octanol–water partition coefficient (Wildman–Crippen LogP) is 3.46. The summed E-state index contributed by atoms with van der Waals surface area (Å²) in [6.07, 6.45) is 1.51. The summed E-state index contributed by atoms with van der Waals surface area (Å²) >= 11 is 7.32. The minimum atomic E-state index is -0.973. The average molecular weight is 291 g/mol. The Kier molecular flexibility index (Phi) is 4.05. The lowest BCUT2D eigenvalue weighted by atomic mass is 10.2. The van der Waals surface area contributed by atoms with Crippen molar-refractivity contribution < 1.29 is 9.90 Å². The van der Waals surface area contributed by atoms with Gasteiger partial charge in [-0.05, 0) is 30.3 Å². The molecular weight excluding hydrogens is 284 g/mol. The number of carboxylic acid groups (broad SMARTS) is 1. The van der Waals surface area contributed by atoms with E-state index >= 15 is 0 Å². The Balaban J connectivity index is 2.27. The molecule has 1 heterocycles. The number of benzene rings is 1. The summed E-state index contributed by atoms with van der Waals surface area (Å²) in [4.78, 5) is 15.6. The zero-order valence-electron chi connectivity index (χ0n) is 9.50. The molecule has 1 aromatic heterocycles. The molecule has 1 aromatic carbocycles. The van der Waals surface area contributed by atoms with Crippen LogP contribution in [0.4, 0.5) is 0 Å². The van der Waals surface area contributed by atoms with E-state index in [0.717, 1.165) is 4.90 Å². The first-order valence-electron chi connectivity index (χ1n) is 5.17. The van der Waals surface area contributed by atoms with Gasteiger partial charge in [-0.3, -0.25) is 0 Å². The van der Waals surface area contributed by atoms with Gasteiger partial charge in [-0.1, -0.05) is 23.4 Å². The molecule has 2 aromatic rings. The lowest BCUT2D eigenvalue weighted by molar-refractivity contribution is 0.0697. The van der Waals surface area contributed by atoms with Crippen LogP contribution in [0.25, 0.3) is 0 Å². The lowest BCUT2D eigenvalue weighted by Gasteiger charge is -2.04. The summed E-state index contributed by atoms with van der Waals surface area (Å²) in [5.74, 6) is -0.973. The standard InChI is InChI=1S/C13H7ClN2O2S/c14-11-9(7-15)5-6-16-12(11)19-10-3-1-8(2-4-10)13(17)18/h1-6H,(H,17,18). The molecule has 0 aliphatic heterocycles. The third-order valence-corrected chi connectivity index (χ3v) is 3.80. The summed E-state index contributed by atoms with van der Waals surface area (Å²) < 4.78 is 0. The Labute approximate surface area is 118 Å². The second-order valence-corrected chi connectivity index (χ2v) is 4.96. The normalized spacial score (nSPS) is 9.89. The molecule has 0 fully saturated rings. The topological polar surface area (TPSA) is 74.0 Å². The van der Waals surface area contributed by atoms with Gasteiger partial charge in [0.1, 0.15) is 11.1 Å². The van der Waals surface area contributed by atoms with Crippen LogP contribution >= 0.6 is 23.4 Å². The third kappa shape index (κ3) is 3.05. The molecule has 19 heavy (non-hydrogen) atoms. The lowest BCUT2D eigenvalue weighted by Crippen LogP contribution is -1.94. The molecule has 0 aliphatic carbocycles. The van der Waals surface area contributed by atoms with E-state index in [0.29, 0.717) is 15.6 Å². The zero-order valence-corrected chi connectivity index (χ0v) is 11.1. The van der Waals surface area contributed by atoms with E-state index in [1.54, 1.807) is 18.2 Å². The fourth-order valence-electron chi connectivity index (χ4n) is 1.36. The van der Waals surface area contributed by atoms with Crippen LogP contribution in [0.1, 0.15) is 15.9 Å². The Morgan fingerprint density at radius 2 is 2.00 bits per heavy atom. The molecular formula is C13H7ClN2O2S. The second kappa shape index (κ2) is 5.74. The predicted molar refractivity (Wildman–Crippen MR) is 71.5 cm³/mol. The maximum atomic E-state index is 10.7. The van der Waals surface area contributed by atoms with Gasteiger partial charge in [0.15, 0.2) is 0 Å². The number of rotatable bonds is 3. The molecule has 94 valence electrons. The molecule has 1 N–H and O–H groups in total. The zero-order chi connectivity index (χ0) is 13.8. The van der Waals surface area contributed by atoms with Gasteiger partial charge in [0, 0.05) is 11.1 Å². The molecule has 4 nitrogen and oxygen atoms in total. The van der Waals surface area contributed by atoms with Crippen LogP contribution in [0.2, 0.25) is 5.02 Å². The highest BCUT2D eigenvalue weighted by Gasteiger charge is 2.09. The van der Waals surface area contributed by atoms with Gasteiger partial charge < -0.3 is 5.11 Å². The molecule has 0 amide bonds. The van der Waals surface area contributed by atoms with Crippen molar-refractivity contribution >= 4 is 29.3 Å². The molecule has 2 rings (SSSR count). The average Bonchev–Trinajstić information content (AvgIpc) is 2.42. The number of hydrogen-bond donors (Lipinski definition) is 1. The van der Waals surface area contributed by atoms with E-state index in [-0.39, 0.29) is 5.56 Å². The van der Waals surface area contributed by atoms with Gasteiger partial charge in [0.05, 0.1) is 16.1 Å². The number of aromatic carboxylic acids is 1. The first kappa shape index (κ1) is 13.4. The molecule has 0 saturated heterocycles. The van der Waals surface area contributed by atoms with Crippen LogP contribution in [0, 0.1) is 11.3 Å². The summed E-state index contributed by atoms with van der Waals surface area (Å²) in [6.45, 7) is 0. The summed E-state index contributed by atoms with van der Waals surface area (Å²) in [5, 5.41) is 18.5. The van der Waals surface area contributed by atoms with Gasteiger partial charge in [-0.25, -0.2) is 9.78 Å². The summed E-state index contributed by atoms with van der Waals surface area (Å²) in [7, 11) is 0. The van der Waals surface area contributed by atoms with E-state index in [4.69, 9.17) is 22.0 Å². The summed E-state index contributed by atoms with van der Waals surface area (Å²) in [5.41, 5.74) is 0.579. The Bertz CT molecular complexity index is 665. The van der Waals surface area contributed by atoms with Crippen LogP contribution in [-0.2, 0) is 0 Å². The smallest absolute Gasteiger partial charge is 0.335 e. The maximum absolute atomic E-state index is 10.7. The molecule has 0 bridgehead atoms. The second-order valence-electron chi connectivity index (χ2n) is 3.52. The maximum Gasteiger partial charge on any atom is 0.335 e. The first-order chi connectivity index (χ1) is 9.11. The Morgan fingerprint density at radius 1 is 1.32 bits per heavy atom. The van der Waals surface area contributed by atoms with E-state index in [2.05, 4.69) is 4.98 Å². The summed E-state index contributed by atoms with van der Waals surface area (Å²) in [6, 6.07) is 9.88. The number of halogens is 1. The van der Waals surface area contributed by atoms with Crippen LogP contribution in [-0.4, -0.2) is 16.1 Å². The number of carboxylic acids is 1. The molecule has 0 aliphatic rings. The SMILES string of the molecule is N#Cc1ccnc(Sc2ccc(C(=O)O)cc2)c1Cl. The number of carbonyl (C=O) groups is 1. The highest BCUT2D eigenvalue weighted by molar-refractivity contribution is 7.99. The van der Waals surface area contributed by atoms with Crippen molar-refractivity contribution in [3.05, 3.63) is 52.7 Å². The number of nitrogens with zero attached hydrogens (tertiary/aromatic N) is 2. The van der Waals surface area contributed by atoms with Crippen LogP contribution in [0.5, 0.6) is 0 Å². The Hall–Kier alpha value is -2.03. The highest BCUT2D eigenvalue weighted by atomic mass is 35.5. The van der Waals surface area contributed by atoms with Gasteiger partial charge in [0.25, 0.3) is 0 Å². The van der Waals surface area contributed by atoms with E-state index in [1.165, 1.54) is 30.1 Å². The minimum absolute atomic E-state index is 0.217. The first-order valence-corrected chi connectivity index (χ1v) is 6.37. The van der Waals surface area contributed by atoms with Crippen molar-refractivity contribution in [3.8, 4) is 6.07 Å². The molecule has 6 heteroatoms.